The van der Waals surface area contributed by atoms with Gasteiger partial charge in [0.25, 0.3) is 0 Å². The van der Waals surface area contributed by atoms with Crippen molar-refractivity contribution in [1.82, 2.24) is 30.2 Å². The topological polar surface area (TPSA) is 119 Å². The van der Waals surface area contributed by atoms with Gasteiger partial charge in [-0.25, -0.2) is 9.48 Å². The fraction of sp³-hybridized carbons (Fsp3) is 0.105. The molecule has 2 aromatic heterocycles. The molecule has 0 atom stereocenters. The molecule has 0 aliphatic rings. The minimum atomic E-state index is -1.19. The number of carbonyl (C=O) groups is 1. The summed E-state index contributed by atoms with van der Waals surface area (Å²) < 4.78 is 6.66. The van der Waals surface area contributed by atoms with Crippen LogP contribution in [0.25, 0.3) is 11.4 Å². The van der Waals surface area contributed by atoms with E-state index >= 15 is 0 Å². The Bertz CT molecular complexity index is 1240. The first-order valence-electron chi connectivity index (χ1n) is 8.80. The summed E-state index contributed by atoms with van der Waals surface area (Å²) in [6.07, 6.45) is 0. The van der Waals surface area contributed by atoms with Gasteiger partial charge in [-0.3, -0.25) is 0 Å². The third-order valence-electron chi connectivity index (χ3n) is 4.24. The molecule has 2 heterocycles. The molecule has 2 aromatic carbocycles. The Kier molecular flexibility index (Phi) is 6.12. The number of aromatic amines is 1. The van der Waals surface area contributed by atoms with E-state index in [2.05, 4.69) is 25.5 Å². The molecule has 9 nitrogen and oxygen atoms in total. The molecule has 0 unspecified atom stereocenters. The summed E-state index contributed by atoms with van der Waals surface area (Å²) in [7, 11) is 1.59. The lowest BCUT2D eigenvalue weighted by Gasteiger charge is -2.06. The molecule has 0 bridgehead atoms. The highest BCUT2D eigenvalue weighted by Crippen LogP contribution is 2.31. The van der Waals surface area contributed by atoms with Crippen molar-refractivity contribution in [3.8, 4) is 17.1 Å². The van der Waals surface area contributed by atoms with Crippen molar-refractivity contribution < 1.29 is 14.6 Å². The number of H-pyrrole nitrogens is 1. The van der Waals surface area contributed by atoms with E-state index < -0.39 is 5.97 Å². The Hall–Kier alpha value is -3.08. The second kappa shape index (κ2) is 8.96. The normalized spacial score (nSPS) is 10.9. The number of methoxy groups -OCH3 is 1. The Balaban J connectivity index is 1.61. The third kappa shape index (κ3) is 4.66. The van der Waals surface area contributed by atoms with Crippen molar-refractivity contribution in [3.05, 3.63) is 63.8 Å². The van der Waals surface area contributed by atoms with E-state index in [9.17, 15) is 9.90 Å². The second-order valence-corrected chi connectivity index (χ2v) is 8.06. The Morgan fingerprint density at radius 2 is 1.90 bits per heavy atom. The van der Waals surface area contributed by atoms with Crippen LogP contribution in [0.3, 0.4) is 0 Å². The number of nitrogens with zero attached hydrogens (tertiary/aromatic N) is 5. The molecule has 0 radical (unpaired) electrons. The molecular weight excluding hydrogens is 463 g/mol. The zero-order valence-corrected chi connectivity index (χ0v) is 18.2. The first kappa shape index (κ1) is 21.2. The molecule has 12 heteroatoms. The van der Waals surface area contributed by atoms with Gasteiger partial charge in [0.15, 0.2) is 11.0 Å². The average Bonchev–Trinajstić information content (AvgIpc) is 3.38. The van der Waals surface area contributed by atoms with Gasteiger partial charge >= 0.3 is 5.97 Å². The van der Waals surface area contributed by atoms with E-state index in [1.807, 2.05) is 24.3 Å². The minimum absolute atomic E-state index is 0.175. The van der Waals surface area contributed by atoms with Crippen molar-refractivity contribution in [2.75, 3.05) is 7.11 Å². The van der Waals surface area contributed by atoms with Crippen LogP contribution in [-0.2, 0) is 6.54 Å². The van der Waals surface area contributed by atoms with Crippen molar-refractivity contribution in [2.45, 2.75) is 16.7 Å². The fourth-order valence-electron chi connectivity index (χ4n) is 2.70. The highest BCUT2D eigenvalue weighted by Gasteiger charge is 2.22. The average molecular weight is 477 g/mol. The van der Waals surface area contributed by atoms with Crippen LogP contribution in [0.1, 0.15) is 16.1 Å². The number of benzene rings is 2. The Morgan fingerprint density at radius 1 is 1.13 bits per heavy atom. The van der Waals surface area contributed by atoms with Crippen LogP contribution in [0.4, 0.5) is 0 Å². The molecule has 0 aliphatic heterocycles. The summed E-state index contributed by atoms with van der Waals surface area (Å²) in [4.78, 5) is 14.7. The van der Waals surface area contributed by atoms with E-state index in [1.54, 1.807) is 25.3 Å². The summed E-state index contributed by atoms with van der Waals surface area (Å²) in [5.74, 6) is -0.000482. The van der Waals surface area contributed by atoms with Gasteiger partial charge in [0.1, 0.15) is 10.8 Å². The molecule has 0 spiro atoms. The summed E-state index contributed by atoms with van der Waals surface area (Å²) in [5, 5.41) is 27.0. The van der Waals surface area contributed by atoms with Crippen LogP contribution in [0.2, 0.25) is 10.0 Å². The second-order valence-electron chi connectivity index (χ2n) is 6.26. The van der Waals surface area contributed by atoms with Gasteiger partial charge < -0.3 is 14.8 Å². The van der Waals surface area contributed by atoms with Crippen molar-refractivity contribution >= 4 is 40.9 Å². The number of rotatable bonds is 7. The number of ether oxygens (including phenoxy) is 1. The SMILES string of the molecule is COc1ccc(Cn2nnc(C(=O)O)c2Sc2nnc(-c3ccc(Cl)c(Cl)c3)[nH]2)cc1. The predicted molar refractivity (Wildman–Crippen MR) is 115 cm³/mol. The van der Waals surface area contributed by atoms with E-state index in [-0.39, 0.29) is 5.69 Å². The largest absolute Gasteiger partial charge is 0.497 e. The smallest absolute Gasteiger partial charge is 0.359 e. The summed E-state index contributed by atoms with van der Waals surface area (Å²) in [6.45, 7) is 0.320. The molecule has 0 saturated carbocycles. The standard InChI is InChI=1S/C19H14Cl2N6O3S/c1-30-12-5-2-10(3-6-12)9-27-17(15(18(28)29)23-26-27)31-19-22-16(24-25-19)11-4-7-13(20)14(21)8-11/h2-8H,9H2,1H3,(H,28,29)(H,22,24,25). The van der Waals surface area contributed by atoms with Gasteiger partial charge in [-0.15, -0.1) is 15.3 Å². The number of halogens is 2. The van der Waals surface area contributed by atoms with Crippen LogP contribution in [0.5, 0.6) is 5.75 Å². The highest BCUT2D eigenvalue weighted by molar-refractivity contribution is 7.99. The summed E-state index contributed by atoms with van der Waals surface area (Å²) in [5.41, 5.74) is 1.42. The molecule has 0 aliphatic carbocycles. The highest BCUT2D eigenvalue weighted by atomic mass is 35.5. The molecule has 31 heavy (non-hydrogen) atoms. The predicted octanol–water partition coefficient (Wildman–Crippen LogP) is 4.28. The van der Waals surface area contributed by atoms with Gasteiger partial charge in [-0.1, -0.05) is 40.5 Å². The Morgan fingerprint density at radius 3 is 2.58 bits per heavy atom. The summed E-state index contributed by atoms with van der Waals surface area (Å²) >= 11 is 13.1. The molecule has 0 fully saturated rings. The van der Waals surface area contributed by atoms with Crippen LogP contribution >= 0.6 is 35.0 Å². The number of nitrogens with one attached hydrogen (secondary N) is 1. The zero-order chi connectivity index (χ0) is 22.0. The quantitative estimate of drug-likeness (QED) is 0.405. The van der Waals surface area contributed by atoms with Crippen LogP contribution < -0.4 is 4.74 Å². The van der Waals surface area contributed by atoms with Crippen LogP contribution in [0, 0.1) is 0 Å². The minimum Gasteiger partial charge on any atom is -0.497 e. The molecule has 0 amide bonds. The zero-order valence-electron chi connectivity index (χ0n) is 15.9. The van der Waals surface area contributed by atoms with E-state index in [4.69, 9.17) is 27.9 Å². The van der Waals surface area contributed by atoms with Gasteiger partial charge in [0.05, 0.1) is 23.7 Å². The van der Waals surface area contributed by atoms with E-state index in [1.165, 1.54) is 4.68 Å². The maximum Gasteiger partial charge on any atom is 0.359 e. The first-order valence-corrected chi connectivity index (χ1v) is 10.4. The third-order valence-corrected chi connectivity index (χ3v) is 5.95. The number of aromatic nitrogens is 6. The van der Waals surface area contributed by atoms with Gasteiger partial charge in [-0.05, 0) is 47.7 Å². The molecule has 0 saturated heterocycles. The fourth-order valence-corrected chi connectivity index (χ4v) is 3.85. The van der Waals surface area contributed by atoms with E-state index in [0.717, 1.165) is 23.1 Å². The van der Waals surface area contributed by atoms with Crippen molar-refractivity contribution in [1.29, 1.82) is 0 Å². The number of hydrogen-bond acceptors (Lipinski definition) is 7. The van der Waals surface area contributed by atoms with Crippen molar-refractivity contribution in [3.63, 3.8) is 0 Å². The van der Waals surface area contributed by atoms with Crippen LogP contribution in [-0.4, -0.2) is 48.4 Å². The number of carboxylic acid groups (broad SMARTS) is 1. The molecule has 2 N–H and O–H groups in total. The van der Waals surface area contributed by atoms with Gasteiger partial charge in [0.2, 0.25) is 5.69 Å². The molecular formula is C19H14Cl2N6O3S. The number of carboxylic acids is 1. The Labute approximate surface area is 190 Å². The lowest BCUT2D eigenvalue weighted by molar-refractivity contribution is 0.0686. The first-order chi connectivity index (χ1) is 14.9. The lowest BCUT2D eigenvalue weighted by atomic mass is 10.2. The van der Waals surface area contributed by atoms with Gasteiger partial charge in [-0.2, -0.15) is 0 Å². The summed E-state index contributed by atoms with van der Waals surface area (Å²) in [6, 6.07) is 12.4. The maximum atomic E-state index is 11.6. The molecule has 158 valence electrons. The lowest BCUT2D eigenvalue weighted by Crippen LogP contribution is -2.05. The van der Waals surface area contributed by atoms with Gasteiger partial charge in [0, 0.05) is 5.56 Å². The molecule has 4 rings (SSSR count). The maximum absolute atomic E-state index is 11.6. The molecule has 4 aromatic rings. The number of aromatic carboxylic acids is 1. The monoisotopic (exact) mass is 476 g/mol. The van der Waals surface area contributed by atoms with E-state index in [0.29, 0.717) is 38.2 Å². The van der Waals surface area contributed by atoms with Crippen LogP contribution in [0.15, 0.2) is 52.6 Å². The number of hydrogen-bond donors (Lipinski definition) is 2. The van der Waals surface area contributed by atoms with Crippen molar-refractivity contribution in [2.24, 2.45) is 0 Å².